The van der Waals surface area contributed by atoms with Crippen molar-refractivity contribution in [3.8, 4) is 5.75 Å². The molecule has 2 rings (SSSR count). The van der Waals surface area contributed by atoms with E-state index >= 15 is 0 Å². The normalized spacial score (nSPS) is 10.0. The standard InChI is InChI=1S/C15H16N4O3S/c1-10(20)16-13-7-8-15(19-18-13)23-9-14(21)17-11-5-3-4-6-12(11)22-2/h3-8H,9H2,1-2H3,(H,17,21)(H,16,18,20). The number of methoxy groups -OCH3 is 1. The number of nitrogens with zero attached hydrogens (tertiary/aromatic N) is 2. The molecule has 0 saturated carbocycles. The van der Waals surface area contributed by atoms with Crippen LogP contribution in [0.5, 0.6) is 5.75 Å². The van der Waals surface area contributed by atoms with Crippen molar-refractivity contribution in [3.63, 3.8) is 0 Å². The molecule has 0 spiro atoms. The number of nitrogens with one attached hydrogen (secondary N) is 2. The number of ether oxygens (including phenoxy) is 1. The second-order valence-electron chi connectivity index (χ2n) is 4.48. The van der Waals surface area contributed by atoms with Crippen LogP contribution < -0.4 is 15.4 Å². The third-order valence-corrected chi connectivity index (χ3v) is 3.60. The summed E-state index contributed by atoms with van der Waals surface area (Å²) < 4.78 is 5.18. The monoisotopic (exact) mass is 332 g/mol. The second kappa shape index (κ2) is 8.14. The first kappa shape index (κ1) is 16.8. The summed E-state index contributed by atoms with van der Waals surface area (Å²) in [6, 6.07) is 10.5. The number of hydrogen-bond donors (Lipinski definition) is 2. The first-order chi connectivity index (χ1) is 11.1. The lowest BCUT2D eigenvalue weighted by molar-refractivity contribution is -0.114. The van der Waals surface area contributed by atoms with Crippen molar-refractivity contribution >= 4 is 35.1 Å². The van der Waals surface area contributed by atoms with Crippen molar-refractivity contribution in [1.29, 1.82) is 0 Å². The average molecular weight is 332 g/mol. The van der Waals surface area contributed by atoms with E-state index in [9.17, 15) is 9.59 Å². The van der Waals surface area contributed by atoms with Crippen LogP contribution in [-0.2, 0) is 9.59 Å². The number of para-hydroxylation sites is 2. The molecule has 0 unspecified atom stereocenters. The molecule has 0 bridgehead atoms. The minimum Gasteiger partial charge on any atom is -0.495 e. The maximum absolute atomic E-state index is 12.0. The Morgan fingerprint density at radius 1 is 1.13 bits per heavy atom. The van der Waals surface area contributed by atoms with Gasteiger partial charge in [-0.1, -0.05) is 23.9 Å². The van der Waals surface area contributed by atoms with E-state index in [0.717, 1.165) is 0 Å². The summed E-state index contributed by atoms with van der Waals surface area (Å²) in [5.41, 5.74) is 0.618. The first-order valence-electron chi connectivity index (χ1n) is 6.75. The average Bonchev–Trinajstić information content (AvgIpc) is 2.54. The summed E-state index contributed by atoms with van der Waals surface area (Å²) in [5.74, 6) is 0.778. The van der Waals surface area contributed by atoms with Crippen LogP contribution in [0.4, 0.5) is 11.5 Å². The predicted molar refractivity (Wildman–Crippen MR) is 88.7 cm³/mol. The highest BCUT2D eigenvalue weighted by Gasteiger charge is 2.08. The van der Waals surface area contributed by atoms with Crippen LogP contribution in [-0.4, -0.2) is 34.9 Å². The minimum atomic E-state index is -0.212. The molecule has 2 amide bonds. The highest BCUT2D eigenvalue weighted by molar-refractivity contribution is 7.99. The number of hydrogen-bond acceptors (Lipinski definition) is 6. The molecule has 1 heterocycles. The molecule has 0 aliphatic rings. The van der Waals surface area contributed by atoms with E-state index in [0.29, 0.717) is 22.3 Å². The van der Waals surface area contributed by atoms with Gasteiger partial charge in [0.2, 0.25) is 11.8 Å². The van der Waals surface area contributed by atoms with Gasteiger partial charge in [-0.2, -0.15) is 0 Å². The smallest absolute Gasteiger partial charge is 0.234 e. The molecule has 120 valence electrons. The van der Waals surface area contributed by atoms with E-state index < -0.39 is 0 Å². The van der Waals surface area contributed by atoms with Crippen molar-refractivity contribution in [3.05, 3.63) is 36.4 Å². The highest BCUT2D eigenvalue weighted by atomic mass is 32.2. The van der Waals surface area contributed by atoms with Crippen molar-refractivity contribution in [2.75, 3.05) is 23.5 Å². The molecule has 0 aliphatic carbocycles. The fourth-order valence-corrected chi connectivity index (χ4v) is 2.33. The van der Waals surface area contributed by atoms with Crippen LogP contribution in [0, 0.1) is 0 Å². The summed E-state index contributed by atoms with van der Waals surface area (Å²) in [5, 5.41) is 13.7. The summed E-state index contributed by atoms with van der Waals surface area (Å²) in [6.07, 6.45) is 0. The Morgan fingerprint density at radius 2 is 1.91 bits per heavy atom. The van der Waals surface area contributed by atoms with E-state index in [2.05, 4.69) is 20.8 Å². The molecule has 23 heavy (non-hydrogen) atoms. The predicted octanol–water partition coefficient (Wildman–Crippen LogP) is 2.17. The molecule has 0 radical (unpaired) electrons. The molecule has 0 aliphatic heterocycles. The molecular weight excluding hydrogens is 316 g/mol. The molecule has 2 aromatic rings. The van der Waals surface area contributed by atoms with Gasteiger partial charge in [0.25, 0.3) is 0 Å². The molecule has 0 saturated heterocycles. The first-order valence-corrected chi connectivity index (χ1v) is 7.74. The van der Waals surface area contributed by atoms with Gasteiger partial charge in [0.15, 0.2) is 5.82 Å². The molecule has 0 atom stereocenters. The van der Waals surface area contributed by atoms with Crippen LogP contribution in [0.3, 0.4) is 0 Å². The van der Waals surface area contributed by atoms with Crippen molar-refractivity contribution in [1.82, 2.24) is 10.2 Å². The van der Waals surface area contributed by atoms with Gasteiger partial charge >= 0.3 is 0 Å². The van der Waals surface area contributed by atoms with Crippen LogP contribution >= 0.6 is 11.8 Å². The van der Waals surface area contributed by atoms with Gasteiger partial charge in [-0.05, 0) is 24.3 Å². The van der Waals surface area contributed by atoms with Crippen LogP contribution in [0.25, 0.3) is 0 Å². The number of aromatic nitrogens is 2. The van der Waals surface area contributed by atoms with E-state index in [4.69, 9.17) is 4.74 Å². The summed E-state index contributed by atoms with van der Waals surface area (Å²) in [4.78, 5) is 22.9. The Morgan fingerprint density at radius 3 is 2.57 bits per heavy atom. The molecule has 7 nitrogen and oxygen atoms in total. The van der Waals surface area contributed by atoms with Crippen LogP contribution in [0.1, 0.15) is 6.92 Å². The number of thioether (sulfide) groups is 1. The lowest BCUT2D eigenvalue weighted by Gasteiger charge is -2.09. The lowest BCUT2D eigenvalue weighted by Crippen LogP contribution is -2.14. The van der Waals surface area contributed by atoms with Gasteiger partial charge in [0.1, 0.15) is 10.8 Å². The van der Waals surface area contributed by atoms with Gasteiger partial charge in [-0.15, -0.1) is 10.2 Å². The zero-order chi connectivity index (χ0) is 16.7. The molecule has 1 aromatic heterocycles. The van der Waals surface area contributed by atoms with E-state index in [1.807, 2.05) is 12.1 Å². The van der Waals surface area contributed by atoms with Gasteiger partial charge in [0, 0.05) is 6.92 Å². The number of carbonyl (C=O) groups excluding carboxylic acids is 2. The Hall–Kier alpha value is -2.61. The van der Waals surface area contributed by atoms with Crippen LogP contribution in [0.2, 0.25) is 0 Å². The van der Waals surface area contributed by atoms with Gasteiger partial charge < -0.3 is 15.4 Å². The van der Waals surface area contributed by atoms with Crippen molar-refractivity contribution < 1.29 is 14.3 Å². The minimum absolute atomic E-state index is 0.174. The zero-order valence-corrected chi connectivity index (χ0v) is 13.5. The van der Waals surface area contributed by atoms with Crippen molar-refractivity contribution in [2.24, 2.45) is 0 Å². The third-order valence-electron chi connectivity index (χ3n) is 2.68. The topological polar surface area (TPSA) is 93.2 Å². The number of amides is 2. The lowest BCUT2D eigenvalue weighted by atomic mass is 10.3. The Bertz CT molecular complexity index is 691. The summed E-state index contributed by atoms with van der Waals surface area (Å²) in [7, 11) is 1.55. The van der Waals surface area contributed by atoms with Crippen molar-refractivity contribution in [2.45, 2.75) is 11.9 Å². The largest absolute Gasteiger partial charge is 0.495 e. The molecule has 1 aromatic carbocycles. The molecule has 2 N–H and O–H groups in total. The maximum atomic E-state index is 12.0. The quantitative estimate of drug-likeness (QED) is 0.788. The Labute approximate surface area is 137 Å². The molecular formula is C15H16N4O3S. The maximum Gasteiger partial charge on any atom is 0.234 e. The fraction of sp³-hybridized carbons (Fsp3) is 0.200. The van der Waals surface area contributed by atoms with Gasteiger partial charge in [-0.25, -0.2) is 0 Å². The molecule has 8 heteroatoms. The third kappa shape index (κ3) is 5.26. The number of anilines is 2. The number of rotatable bonds is 6. The van der Waals surface area contributed by atoms with E-state index in [1.54, 1.807) is 31.4 Å². The summed E-state index contributed by atoms with van der Waals surface area (Å²) >= 11 is 1.25. The van der Waals surface area contributed by atoms with Gasteiger partial charge in [-0.3, -0.25) is 9.59 Å². The number of carbonyl (C=O) groups is 2. The van der Waals surface area contributed by atoms with E-state index in [-0.39, 0.29) is 17.6 Å². The second-order valence-corrected chi connectivity index (χ2v) is 5.47. The Kier molecular flexibility index (Phi) is 5.93. The Balaban J connectivity index is 1.88. The summed E-state index contributed by atoms with van der Waals surface area (Å²) in [6.45, 7) is 1.40. The fourth-order valence-electron chi connectivity index (χ4n) is 1.72. The highest BCUT2D eigenvalue weighted by Crippen LogP contribution is 2.23. The van der Waals surface area contributed by atoms with Gasteiger partial charge in [0.05, 0.1) is 18.6 Å². The SMILES string of the molecule is COc1ccccc1NC(=O)CSc1ccc(NC(C)=O)nn1. The molecule has 0 fully saturated rings. The number of benzene rings is 1. The van der Waals surface area contributed by atoms with E-state index in [1.165, 1.54) is 18.7 Å². The van der Waals surface area contributed by atoms with Crippen LogP contribution in [0.15, 0.2) is 41.4 Å². The zero-order valence-electron chi connectivity index (χ0n) is 12.7.